The normalized spacial score (nSPS) is 34.1. The maximum absolute atomic E-state index is 6.31. The predicted octanol–water partition coefficient (Wildman–Crippen LogP) is 4.52. The van der Waals surface area contributed by atoms with Gasteiger partial charge in [0, 0.05) is 40.5 Å². The van der Waals surface area contributed by atoms with Crippen molar-refractivity contribution >= 4 is 5.69 Å². The number of anilines is 1. The fourth-order valence-electron chi connectivity index (χ4n) is 6.22. The van der Waals surface area contributed by atoms with E-state index in [1.807, 2.05) is 6.07 Å². The van der Waals surface area contributed by atoms with Gasteiger partial charge in [0.05, 0.1) is 0 Å². The quantitative estimate of drug-likeness (QED) is 0.686. The van der Waals surface area contributed by atoms with Crippen LogP contribution in [0.3, 0.4) is 0 Å². The molecule has 0 heterocycles. The van der Waals surface area contributed by atoms with Crippen LogP contribution >= 0.6 is 0 Å². The second-order valence-corrected chi connectivity index (χ2v) is 8.20. The molecule has 2 heteroatoms. The SMILES string of the molecule is NC1=CC2C(C=C1)c1ccccc1C21c2cc(N)ccc2C2C=CC=CC21. The Morgan fingerprint density at radius 3 is 2.44 bits per heavy atom. The summed E-state index contributed by atoms with van der Waals surface area (Å²) in [5.41, 5.74) is 19.9. The molecule has 0 fully saturated rings. The molecule has 4 aliphatic rings. The Morgan fingerprint density at radius 1 is 0.741 bits per heavy atom. The topological polar surface area (TPSA) is 52.0 Å². The first-order valence-electron chi connectivity index (χ1n) is 9.71. The summed E-state index contributed by atoms with van der Waals surface area (Å²) in [6.45, 7) is 0. The maximum atomic E-state index is 6.31. The maximum Gasteiger partial charge on any atom is 0.0353 e. The molecule has 5 unspecified atom stereocenters. The number of nitrogens with two attached hydrogens (primary N) is 2. The third-order valence-corrected chi connectivity index (χ3v) is 7.09. The second kappa shape index (κ2) is 5.04. The second-order valence-electron chi connectivity index (χ2n) is 8.20. The molecule has 0 aliphatic heterocycles. The van der Waals surface area contributed by atoms with Crippen LogP contribution in [0.5, 0.6) is 0 Å². The summed E-state index contributed by atoms with van der Waals surface area (Å²) in [6, 6.07) is 15.5. The van der Waals surface area contributed by atoms with E-state index in [2.05, 4.69) is 78.9 Å². The number of hydrogen-bond acceptors (Lipinski definition) is 2. The molecule has 132 valence electrons. The van der Waals surface area contributed by atoms with Crippen molar-refractivity contribution in [2.24, 2.45) is 17.6 Å². The first-order valence-corrected chi connectivity index (χ1v) is 9.71. The molecule has 5 atom stereocenters. The lowest BCUT2D eigenvalue weighted by molar-refractivity contribution is 0.311. The fourth-order valence-corrected chi connectivity index (χ4v) is 6.22. The number of nitrogen functional groups attached to an aromatic ring is 1. The molecule has 27 heavy (non-hydrogen) atoms. The van der Waals surface area contributed by atoms with E-state index < -0.39 is 0 Å². The molecule has 2 nitrogen and oxygen atoms in total. The van der Waals surface area contributed by atoms with E-state index >= 15 is 0 Å². The predicted molar refractivity (Wildman–Crippen MR) is 110 cm³/mol. The minimum atomic E-state index is -0.118. The molecule has 0 bridgehead atoms. The summed E-state index contributed by atoms with van der Waals surface area (Å²) < 4.78 is 0. The average Bonchev–Trinajstić information content (AvgIpc) is 3.14. The third-order valence-electron chi connectivity index (χ3n) is 7.09. The van der Waals surface area contributed by atoms with E-state index in [-0.39, 0.29) is 5.41 Å². The average molecular weight is 350 g/mol. The van der Waals surface area contributed by atoms with Crippen molar-refractivity contribution in [2.75, 3.05) is 5.73 Å². The van der Waals surface area contributed by atoms with Crippen molar-refractivity contribution < 1.29 is 0 Å². The summed E-state index contributed by atoms with van der Waals surface area (Å²) in [4.78, 5) is 0. The molecule has 4 aliphatic carbocycles. The van der Waals surface area contributed by atoms with Crippen molar-refractivity contribution in [2.45, 2.75) is 17.3 Å². The lowest BCUT2D eigenvalue weighted by Gasteiger charge is -2.41. The molecular formula is C25H22N2. The van der Waals surface area contributed by atoms with Crippen molar-refractivity contribution in [3.63, 3.8) is 0 Å². The van der Waals surface area contributed by atoms with E-state index in [9.17, 15) is 0 Å². The van der Waals surface area contributed by atoms with Gasteiger partial charge in [-0.2, -0.15) is 0 Å². The van der Waals surface area contributed by atoms with Crippen LogP contribution in [0.4, 0.5) is 5.69 Å². The first kappa shape index (κ1) is 15.1. The Hall–Kier alpha value is -3.00. The monoisotopic (exact) mass is 350 g/mol. The molecule has 0 saturated carbocycles. The zero-order valence-corrected chi connectivity index (χ0v) is 15.0. The van der Waals surface area contributed by atoms with Gasteiger partial charge in [-0.05, 0) is 40.5 Å². The van der Waals surface area contributed by atoms with Crippen molar-refractivity contribution in [1.82, 2.24) is 0 Å². The number of fused-ring (bicyclic) bond motifs is 10. The minimum Gasteiger partial charge on any atom is -0.399 e. The zero-order chi connectivity index (χ0) is 18.2. The molecule has 4 N–H and O–H groups in total. The van der Waals surface area contributed by atoms with E-state index in [1.54, 1.807) is 0 Å². The lowest BCUT2D eigenvalue weighted by atomic mass is 9.61. The van der Waals surface area contributed by atoms with Crippen LogP contribution in [0.1, 0.15) is 34.1 Å². The van der Waals surface area contributed by atoms with Crippen molar-refractivity contribution in [3.8, 4) is 0 Å². The van der Waals surface area contributed by atoms with Crippen LogP contribution in [0.15, 0.2) is 90.7 Å². The smallest absolute Gasteiger partial charge is 0.0353 e. The summed E-state index contributed by atoms with van der Waals surface area (Å²) in [6.07, 6.45) is 15.8. The molecule has 0 aromatic heterocycles. The number of allylic oxidation sites excluding steroid dienone is 7. The van der Waals surface area contributed by atoms with Gasteiger partial charge in [0.25, 0.3) is 0 Å². The van der Waals surface area contributed by atoms with E-state index in [0.717, 1.165) is 11.4 Å². The highest BCUT2D eigenvalue weighted by Crippen LogP contribution is 2.67. The van der Waals surface area contributed by atoms with E-state index in [4.69, 9.17) is 11.5 Å². The van der Waals surface area contributed by atoms with Crippen LogP contribution < -0.4 is 11.5 Å². The minimum absolute atomic E-state index is 0.118. The number of hydrogen-bond donors (Lipinski definition) is 2. The molecule has 0 saturated heterocycles. The Bertz CT molecular complexity index is 1090. The zero-order valence-electron chi connectivity index (χ0n) is 15.0. The number of rotatable bonds is 0. The Labute approximate surface area is 159 Å². The van der Waals surface area contributed by atoms with Gasteiger partial charge < -0.3 is 11.5 Å². The van der Waals surface area contributed by atoms with Gasteiger partial charge in [-0.1, -0.05) is 66.8 Å². The Morgan fingerprint density at radius 2 is 1.52 bits per heavy atom. The standard InChI is InChI=1S/C25H22N2/c26-15-9-11-19-17-5-1-3-7-21(17)25(23(19)13-15)22-8-4-2-6-18(22)20-12-10-16(27)14-24(20)25/h1-14,17,20-21,24H,26-27H2. The molecule has 0 radical (unpaired) electrons. The third kappa shape index (κ3) is 1.71. The van der Waals surface area contributed by atoms with Gasteiger partial charge in [0.1, 0.15) is 0 Å². The highest BCUT2D eigenvalue weighted by Gasteiger charge is 2.61. The van der Waals surface area contributed by atoms with Crippen LogP contribution in [0, 0.1) is 11.8 Å². The lowest BCUT2D eigenvalue weighted by Crippen LogP contribution is -2.39. The van der Waals surface area contributed by atoms with Crippen molar-refractivity contribution in [1.29, 1.82) is 0 Å². The fraction of sp³-hybridized carbons (Fsp3) is 0.200. The molecule has 2 aromatic rings. The van der Waals surface area contributed by atoms with Crippen LogP contribution in [0.2, 0.25) is 0 Å². The molecule has 2 aromatic carbocycles. The van der Waals surface area contributed by atoms with Gasteiger partial charge in [0.15, 0.2) is 0 Å². The summed E-state index contributed by atoms with van der Waals surface area (Å²) in [5, 5.41) is 0. The molecule has 1 spiro atoms. The molecule has 6 rings (SSSR count). The largest absolute Gasteiger partial charge is 0.399 e. The summed E-state index contributed by atoms with van der Waals surface area (Å²) in [7, 11) is 0. The van der Waals surface area contributed by atoms with Crippen LogP contribution in [-0.2, 0) is 5.41 Å². The van der Waals surface area contributed by atoms with Gasteiger partial charge in [-0.3, -0.25) is 0 Å². The number of benzene rings is 2. The van der Waals surface area contributed by atoms with Crippen LogP contribution in [-0.4, -0.2) is 0 Å². The van der Waals surface area contributed by atoms with Gasteiger partial charge >= 0.3 is 0 Å². The molecule has 0 amide bonds. The van der Waals surface area contributed by atoms with Gasteiger partial charge in [-0.15, -0.1) is 0 Å². The highest BCUT2D eigenvalue weighted by molar-refractivity contribution is 5.66. The Kier molecular flexibility index (Phi) is 2.82. The molecular weight excluding hydrogens is 328 g/mol. The van der Waals surface area contributed by atoms with Crippen LogP contribution in [0.25, 0.3) is 0 Å². The van der Waals surface area contributed by atoms with Crippen molar-refractivity contribution in [3.05, 3.63) is 113 Å². The van der Waals surface area contributed by atoms with Gasteiger partial charge in [0.2, 0.25) is 0 Å². The summed E-state index contributed by atoms with van der Waals surface area (Å²) >= 11 is 0. The highest BCUT2D eigenvalue weighted by atomic mass is 14.7. The van der Waals surface area contributed by atoms with E-state index in [1.165, 1.54) is 22.3 Å². The summed E-state index contributed by atoms with van der Waals surface area (Å²) in [5.74, 6) is 1.44. The van der Waals surface area contributed by atoms with E-state index in [0.29, 0.717) is 23.7 Å². The Balaban J connectivity index is 1.74. The van der Waals surface area contributed by atoms with Gasteiger partial charge in [-0.25, -0.2) is 0 Å². The first-order chi connectivity index (χ1) is 13.2.